The first-order valence-electron chi connectivity index (χ1n) is 6.65. The lowest BCUT2D eigenvalue weighted by atomic mass is 10.1. The van der Waals surface area contributed by atoms with Crippen molar-refractivity contribution in [1.29, 1.82) is 0 Å². The van der Waals surface area contributed by atoms with Crippen molar-refractivity contribution in [3.8, 4) is 0 Å². The molecule has 0 aromatic carbocycles. The molecule has 2 aliphatic rings. The lowest BCUT2D eigenvalue weighted by Gasteiger charge is -2.22. The summed E-state index contributed by atoms with van der Waals surface area (Å²) in [5.74, 6) is 2.60. The van der Waals surface area contributed by atoms with Crippen LogP contribution in [0.15, 0.2) is 0 Å². The van der Waals surface area contributed by atoms with Crippen LogP contribution in [0, 0.1) is 0 Å². The molecule has 0 radical (unpaired) electrons. The number of rotatable bonds is 5. The monoisotopic (exact) mass is 236 g/mol. The van der Waals surface area contributed by atoms with E-state index in [9.17, 15) is 0 Å². The summed E-state index contributed by atoms with van der Waals surface area (Å²) in [6, 6.07) is 0. The number of ether oxygens (including phenoxy) is 1. The van der Waals surface area contributed by atoms with E-state index >= 15 is 0 Å². The van der Waals surface area contributed by atoms with E-state index in [4.69, 9.17) is 4.74 Å². The van der Waals surface area contributed by atoms with Crippen LogP contribution >= 0.6 is 0 Å². The van der Waals surface area contributed by atoms with Crippen LogP contribution in [0.4, 0.5) is 0 Å². The minimum Gasteiger partial charge on any atom is -0.378 e. The summed E-state index contributed by atoms with van der Waals surface area (Å²) >= 11 is 0. The Morgan fingerprint density at radius 3 is 2.76 bits per heavy atom. The first-order valence-corrected chi connectivity index (χ1v) is 6.65. The Morgan fingerprint density at radius 2 is 2.00 bits per heavy atom. The molecule has 5 nitrogen and oxygen atoms in total. The van der Waals surface area contributed by atoms with Crippen molar-refractivity contribution in [1.82, 2.24) is 20.5 Å². The van der Waals surface area contributed by atoms with Gasteiger partial charge in [0.1, 0.15) is 5.82 Å². The summed E-state index contributed by atoms with van der Waals surface area (Å²) < 4.78 is 5.84. The fourth-order valence-electron chi connectivity index (χ4n) is 2.23. The molecule has 1 aliphatic carbocycles. The number of nitrogens with one attached hydrogen (secondary N) is 2. The van der Waals surface area contributed by atoms with Crippen molar-refractivity contribution >= 4 is 0 Å². The zero-order valence-electron chi connectivity index (χ0n) is 10.1. The van der Waals surface area contributed by atoms with Gasteiger partial charge in [-0.2, -0.15) is 5.10 Å². The zero-order chi connectivity index (χ0) is 11.5. The number of hydrogen-bond acceptors (Lipinski definition) is 4. The van der Waals surface area contributed by atoms with Gasteiger partial charge in [-0.25, -0.2) is 4.98 Å². The SMILES string of the molecule is C1CC(OCCc2nc(C3CC3)n[nH]2)CCN1. The third-order valence-corrected chi connectivity index (χ3v) is 3.47. The Kier molecular flexibility index (Phi) is 3.38. The number of aromatic nitrogens is 3. The molecule has 1 aromatic rings. The fraction of sp³-hybridized carbons (Fsp3) is 0.833. The van der Waals surface area contributed by atoms with Gasteiger partial charge in [0.05, 0.1) is 12.7 Å². The van der Waals surface area contributed by atoms with Crippen molar-refractivity contribution in [2.75, 3.05) is 19.7 Å². The standard InChI is InChI=1S/C12H20N4O/c1-2-9(1)12-14-11(15-16-12)5-8-17-10-3-6-13-7-4-10/h9-10,13H,1-8H2,(H,14,15,16). The summed E-state index contributed by atoms with van der Waals surface area (Å²) in [5, 5.41) is 10.6. The van der Waals surface area contributed by atoms with Crippen LogP contribution in [0.2, 0.25) is 0 Å². The molecule has 1 aliphatic heterocycles. The average molecular weight is 236 g/mol. The normalized spacial score (nSPS) is 21.9. The molecular weight excluding hydrogens is 216 g/mol. The van der Waals surface area contributed by atoms with E-state index < -0.39 is 0 Å². The third kappa shape index (κ3) is 3.04. The maximum atomic E-state index is 5.84. The third-order valence-electron chi connectivity index (χ3n) is 3.47. The van der Waals surface area contributed by atoms with Gasteiger partial charge in [-0.15, -0.1) is 0 Å². The van der Waals surface area contributed by atoms with Crippen molar-refractivity contribution in [3.05, 3.63) is 11.6 Å². The second-order valence-electron chi connectivity index (χ2n) is 4.98. The Labute approximate surface area is 101 Å². The molecule has 2 N–H and O–H groups in total. The number of hydrogen-bond donors (Lipinski definition) is 2. The Bertz CT molecular complexity index is 355. The van der Waals surface area contributed by atoms with Gasteiger partial charge in [-0.05, 0) is 38.8 Å². The molecule has 1 saturated heterocycles. The molecule has 2 fully saturated rings. The highest BCUT2D eigenvalue weighted by atomic mass is 16.5. The summed E-state index contributed by atoms with van der Waals surface area (Å²) in [6.45, 7) is 2.92. The van der Waals surface area contributed by atoms with Crippen molar-refractivity contribution < 1.29 is 4.74 Å². The topological polar surface area (TPSA) is 62.8 Å². The number of H-pyrrole nitrogens is 1. The minimum absolute atomic E-state index is 0.432. The quantitative estimate of drug-likeness (QED) is 0.800. The van der Waals surface area contributed by atoms with Crippen LogP contribution in [0.1, 0.15) is 43.3 Å². The maximum Gasteiger partial charge on any atom is 0.153 e. The lowest BCUT2D eigenvalue weighted by Crippen LogP contribution is -2.32. The molecule has 0 atom stereocenters. The molecule has 3 rings (SSSR count). The van der Waals surface area contributed by atoms with Crippen LogP contribution in [0.3, 0.4) is 0 Å². The highest BCUT2D eigenvalue weighted by Crippen LogP contribution is 2.37. The Morgan fingerprint density at radius 1 is 1.18 bits per heavy atom. The molecule has 0 bridgehead atoms. The number of nitrogens with zero attached hydrogens (tertiary/aromatic N) is 2. The van der Waals surface area contributed by atoms with E-state index in [-0.39, 0.29) is 0 Å². The molecule has 17 heavy (non-hydrogen) atoms. The Balaban J connectivity index is 1.40. The number of piperidine rings is 1. The van der Waals surface area contributed by atoms with E-state index in [1.807, 2.05) is 0 Å². The summed E-state index contributed by atoms with van der Waals surface area (Å²) in [7, 11) is 0. The molecule has 0 spiro atoms. The lowest BCUT2D eigenvalue weighted by molar-refractivity contribution is 0.0342. The maximum absolute atomic E-state index is 5.84. The highest BCUT2D eigenvalue weighted by molar-refractivity contribution is 5.04. The largest absolute Gasteiger partial charge is 0.378 e. The van der Waals surface area contributed by atoms with E-state index in [0.717, 1.165) is 50.6 Å². The first kappa shape index (κ1) is 11.2. The second kappa shape index (κ2) is 5.14. The molecule has 0 unspecified atom stereocenters. The van der Waals surface area contributed by atoms with Crippen LogP contribution in [-0.2, 0) is 11.2 Å². The first-order chi connectivity index (χ1) is 8.42. The molecule has 1 aromatic heterocycles. The molecule has 94 valence electrons. The summed E-state index contributed by atoms with van der Waals surface area (Å²) in [5.41, 5.74) is 0. The van der Waals surface area contributed by atoms with Gasteiger partial charge < -0.3 is 10.1 Å². The van der Waals surface area contributed by atoms with E-state index in [0.29, 0.717) is 12.0 Å². The van der Waals surface area contributed by atoms with Crippen molar-refractivity contribution in [3.63, 3.8) is 0 Å². The van der Waals surface area contributed by atoms with Crippen LogP contribution in [-0.4, -0.2) is 41.0 Å². The zero-order valence-corrected chi connectivity index (χ0v) is 10.1. The van der Waals surface area contributed by atoms with Crippen molar-refractivity contribution in [2.45, 2.75) is 44.1 Å². The van der Waals surface area contributed by atoms with E-state index in [1.165, 1.54) is 12.8 Å². The van der Waals surface area contributed by atoms with Gasteiger partial charge in [-0.1, -0.05) is 0 Å². The van der Waals surface area contributed by atoms with Crippen LogP contribution < -0.4 is 5.32 Å². The fourth-order valence-corrected chi connectivity index (χ4v) is 2.23. The predicted molar refractivity (Wildman–Crippen MR) is 63.9 cm³/mol. The average Bonchev–Trinajstić information content (AvgIpc) is 3.11. The molecule has 2 heterocycles. The predicted octanol–water partition coefficient (Wildman–Crippen LogP) is 0.993. The van der Waals surface area contributed by atoms with Gasteiger partial charge in [0.15, 0.2) is 5.82 Å². The van der Waals surface area contributed by atoms with E-state index in [2.05, 4.69) is 20.5 Å². The molecule has 1 saturated carbocycles. The van der Waals surface area contributed by atoms with Crippen molar-refractivity contribution in [2.24, 2.45) is 0 Å². The number of aromatic amines is 1. The summed E-state index contributed by atoms with van der Waals surface area (Å²) in [6.07, 6.45) is 6.05. The molecule has 0 amide bonds. The van der Waals surface area contributed by atoms with Gasteiger partial charge in [0.25, 0.3) is 0 Å². The second-order valence-corrected chi connectivity index (χ2v) is 4.98. The van der Waals surface area contributed by atoms with Gasteiger partial charge in [0, 0.05) is 12.3 Å². The van der Waals surface area contributed by atoms with E-state index in [1.54, 1.807) is 0 Å². The van der Waals surface area contributed by atoms with Crippen LogP contribution in [0.5, 0.6) is 0 Å². The molecule has 5 heteroatoms. The van der Waals surface area contributed by atoms with Gasteiger partial charge in [0.2, 0.25) is 0 Å². The van der Waals surface area contributed by atoms with Gasteiger partial charge in [-0.3, -0.25) is 5.10 Å². The Hall–Kier alpha value is -0.940. The van der Waals surface area contributed by atoms with Gasteiger partial charge >= 0.3 is 0 Å². The molecular formula is C12H20N4O. The minimum atomic E-state index is 0.432. The van der Waals surface area contributed by atoms with Crippen LogP contribution in [0.25, 0.3) is 0 Å². The highest BCUT2D eigenvalue weighted by Gasteiger charge is 2.27. The summed E-state index contributed by atoms with van der Waals surface area (Å²) in [4.78, 5) is 4.50. The smallest absolute Gasteiger partial charge is 0.153 e.